The number of Topliss-reactive ketones (excluding diaryl/α,β-unsaturated/α-hetero) is 1. The molecule has 2 aromatic carbocycles. The fraction of sp³-hybridized carbons (Fsp3) is 0.312. The molecule has 2 rings (SSSR count). The van der Waals surface area contributed by atoms with E-state index in [2.05, 4.69) is 0 Å². The van der Waals surface area contributed by atoms with Crippen molar-refractivity contribution in [3.63, 3.8) is 0 Å². The van der Waals surface area contributed by atoms with Gasteiger partial charge in [0.15, 0.2) is 5.78 Å². The predicted octanol–water partition coefficient (Wildman–Crippen LogP) is 4.22. The molecule has 0 saturated carbocycles. The maximum absolute atomic E-state index is 11.3. The number of carbonyl (C=O) groups is 1. The molecule has 0 aliphatic carbocycles. The summed E-state index contributed by atoms with van der Waals surface area (Å²) in [5.74, 6) is 0.942. The third kappa shape index (κ3) is 2.89. The predicted molar refractivity (Wildman–Crippen MR) is 74.3 cm³/mol. The van der Waals surface area contributed by atoms with Gasteiger partial charge in [-0.2, -0.15) is 0 Å². The zero-order valence-corrected chi connectivity index (χ0v) is 11.3. The maximum Gasteiger partial charge on any atom is 0.159 e. The van der Waals surface area contributed by atoms with Crippen molar-refractivity contribution in [2.45, 2.75) is 33.3 Å². The van der Waals surface area contributed by atoms with Crippen LogP contribution in [-0.4, -0.2) is 11.4 Å². The molecule has 0 spiro atoms. The topological polar surface area (TPSA) is 26.3 Å². The van der Waals surface area contributed by atoms with Crippen molar-refractivity contribution in [2.24, 2.45) is 0 Å². The number of fused-ring (bicyclic) bond motifs is 1. The Morgan fingerprint density at radius 3 is 2.22 bits per heavy atom. The summed E-state index contributed by atoms with van der Waals surface area (Å²) in [7, 11) is 0. The number of hydrogen-bond acceptors (Lipinski definition) is 2. The highest BCUT2D eigenvalue weighted by Gasteiger charge is 2.12. The Bertz CT molecular complexity index is 592. The van der Waals surface area contributed by atoms with Gasteiger partial charge in [-0.05, 0) is 56.7 Å². The van der Waals surface area contributed by atoms with Crippen LogP contribution in [0.15, 0.2) is 36.4 Å². The van der Waals surface area contributed by atoms with Crippen LogP contribution in [0.25, 0.3) is 10.8 Å². The average Bonchev–Trinajstić information content (AvgIpc) is 2.26. The van der Waals surface area contributed by atoms with Crippen LogP contribution in [0.1, 0.15) is 38.1 Å². The van der Waals surface area contributed by atoms with Crippen LogP contribution in [0.3, 0.4) is 0 Å². The molecule has 0 atom stereocenters. The van der Waals surface area contributed by atoms with Gasteiger partial charge in [0.05, 0.1) is 0 Å². The van der Waals surface area contributed by atoms with Crippen molar-refractivity contribution in [3.8, 4) is 5.75 Å². The van der Waals surface area contributed by atoms with E-state index in [1.807, 2.05) is 57.2 Å². The Morgan fingerprint density at radius 2 is 1.61 bits per heavy atom. The average molecular weight is 242 g/mol. The maximum atomic E-state index is 11.3. The second-order valence-corrected chi connectivity index (χ2v) is 5.49. The molecule has 0 aliphatic rings. The lowest BCUT2D eigenvalue weighted by atomic mass is 10.0. The molecule has 0 amide bonds. The zero-order chi connectivity index (χ0) is 13.3. The fourth-order valence-corrected chi connectivity index (χ4v) is 1.86. The first kappa shape index (κ1) is 12.6. The lowest BCUT2D eigenvalue weighted by Crippen LogP contribution is -2.22. The molecule has 0 radical (unpaired) electrons. The largest absolute Gasteiger partial charge is 0.488 e. The Kier molecular flexibility index (Phi) is 3.12. The van der Waals surface area contributed by atoms with Crippen LogP contribution >= 0.6 is 0 Å². The smallest absolute Gasteiger partial charge is 0.159 e. The van der Waals surface area contributed by atoms with Crippen molar-refractivity contribution in [3.05, 3.63) is 42.0 Å². The molecule has 0 saturated heterocycles. The highest BCUT2D eigenvalue weighted by Crippen LogP contribution is 2.24. The van der Waals surface area contributed by atoms with Crippen LogP contribution in [0.4, 0.5) is 0 Å². The number of benzene rings is 2. The van der Waals surface area contributed by atoms with Gasteiger partial charge in [-0.3, -0.25) is 4.79 Å². The van der Waals surface area contributed by atoms with E-state index in [0.29, 0.717) is 0 Å². The summed E-state index contributed by atoms with van der Waals surface area (Å²) in [6.45, 7) is 7.65. The van der Waals surface area contributed by atoms with Crippen molar-refractivity contribution in [1.82, 2.24) is 0 Å². The van der Waals surface area contributed by atoms with Gasteiger partial charge in [0.25, 0.3) is 0 Å². The monoisotopic (exact) mass is 242 g/mol. The summed E-state index contributed by atoms with van der Waals surface area (Å²) < 4.78 is 5.82. The van der Waals surface area contributed by atoms with E-state index in [9.17, 15) is 4.79 Å². The molecule has 0 fully saturated rings. The van der Waals surface area contributed by atoms with E-state index in [0.717, 1.165) is 22.1 Å². The van der Waals surface area contributed by atoms with Crippen LogP contribution in [0.2, 0.25) is 0 Å². The normalized spacial score (nSPS) is 11.6. The highest BCUT2D eigenvalue weighted by atomic mass is 16.5. The highest BCUT2D eigenvalue weighted by molar-refractivity contribution is 5.98. The van der Waals surface area contributed by atoms with E-state index in [-0.39, 0.29) is 11.4 Å². The summed E-state index contributed by atoms with van der Waals surface area (Å²) in [4.78, 5) is 11.3. The van der Waals surface area contributed by atoms with Gasteiger partial charge < -0.3 is 4.74 Å². The molecule has 94 valence electrons. The van der Waals surface area contributed by atoms with Gasteiger partial charge in [0.1, 0.15) is 11.4 Å². The molecule has 0 bridgehead atoms. The number of hydrogen-bond donors (Lipinski definition) is 0. The minimum Gasteiger partial charge on any atom is -0.488 e. The van der Waals surface area contributed by atoms with Gasteiger partial charge in [0, 0.05) is 5.56 Å². The molecular formula is C16H18O2. The molecule has 2 heteroatoms. The summed E-state index contributed by atoms with van der Waals surface area (Å²) >= 11 is 0. The summed E-state index contributed by atoms with van der Waals surface area (Å²) in [5.41, 5.74) is 0.541. The Morgan fingerprint density at radius 1 is 1.00 bits per heavy atom. The van der Waals surface area contributed by atoms with Gasteiger partial charge in [0.2, 0.25) is 0 Å². The number of rotatable bonds is 2. The van der Waals surface area contributed by atoms with Crippen LogP contribution in [-0.2, 0) is 0 Å². The van der Waals surface area contributed by atoms with Crippen molar-refractivity contribution in [2.75, 3.05) is 0 Å². The molecule has 0 N–H and O–H groups in total. The second-order valence-electron chi connectivity index (χ2n) is 5.49. The van der Waals surface area contributed by atoms with Crippen molar-refractivity contribution >= 4 is 16.6 Å². The number of ketones is 1. The number of carbonyl (C=O) groups excluding carboxylic acids is 1. The van der Waals surface area contributed by atoms with E-state index in [1.165, 1.54) is 0 Å². The van der Waals surface area contributed by atoms with E-state index >= 15 is 0 Å². The van der Waals surface area contributed by atoms with Gasteiger partial charge in [-0.1, -0.05) is 18.2 Å². The molecule has 0 heterocycles. The summed E-state index contributed by atoms with van der Waals surface area (Å²) in [6, 6.07) is 11.7. The minimum atomic E-state index is -0.201. The summed E-state index contributed by atoms with van der Waals surface area (Å²) in [6.07, 6.45) is 0. The molecule has 0 aliphatic heterocycles. The second kappa shape index (κ2) is 4.45. The molecule has 0 unspecified atom stereocenters. The molecule has 18 heavy (non-hydrogen) atoms. The molecular weight excluding hydrogens is 224 g/mol. The molecule has 0 aromatic heterocycles. The molecule has 2 aromatic rings. The fourth-order valence-electron chi connectivity index (χ4n) is 1.86. The van der Waals surface area contributed by atoms with Crippen LogP contribution < -0.4 is 4.74 Å². The molecule has 2 nitrogen and oxygen atoms in total. The van der Waals surface area contributed by atoms with Gasteiger partial charge in [-0.15, -0.1) is 0 Å². The lowest BCUT2D eigenvalue weighted by molar-refractivity contribution is 0.101. The van der Waals surface area contributed by atoms with Crippen LogP contribution in [0, 0.1) is 0 Å². The SMILES string of the molecule is CC(=O)c1ccc2cc(OC(C)(C)C)ccc2c1. The van der Waals surface area contributed by atoms with E-state index in [1.54, 1.807) is 6.92 Å². The third-order valence-electron chi connectivity index (χ3n) is 2.64. The van der Waals surface area contributed by atoms with Crippen molar-refractivity contribution < 1.29 is 9.53 Å². The van der Waals surface area contributed by atoms with Crippen molar-refractivity contribution in [1.29, 1.82) is 0 Å². The zero-order valence-electron chi connectivity index (χ0n) is 11.3. The van der Waals surface area contributed by atoms with Crippen LogP contribution in [0.5, 0.6) is 5.75 Å². The first-order valence-electron chi connectivity index (χ1n) is 6.09. The van der Waals surface area contributed by atoms with Gasteiger partial charge in [-0.25, -0.2) is 0 Å². The quantitative estimate of drug-likeness (QED) is 0.737. The third-order valence-corrected chi connectivity index (χ3v) is 2.64. The Hall–Kier alpha value is -1.83. The van der Waals surface area contributed by atoms with E-state index in [4.69, 9.17) is 4.74 Å². The standard InChI is InChI=1S/C16H18O2/c1-11(17)12-5-6-14-10-15(18-16(2,3)4)8-7-13(14)9-12/h5-10H,1-4H3. The minimum absolute atomic E-state index is 0.0897. The first-order chi connectivity index (χ1) is 8.35. The Labute approximate surface area is 108 Å². The summed E-state index contributed by atoms with van der Waals surface area (Å²) in [5, 5.41) is 2.14. The van der Waals surface area contributed by atoms with E-state index < -0.39 is 0 Å². The first-order valence-corrected chi connectivity index (χ1v) is 6.09. The number of ether oxygens (including phenoxy) is 1. The van der Waals surface area contributed by atoms with Gasteiger partial charge >= 0.3 is 0 Å². The Balaban J connectivity index is 2.41. The lowest BCUT2D eigenvalue weighted by Gasteiger charge is -2.21.